The topological polar surface area (TPSA) is 52.6 Å². The number of aliphatic carboxylic acids is 1. The van der Waals surface area contributed by atoms with E-state index in [0.29, 0.717) is 18.6 Å². The Morgan fingerprint density at radius 3 is 2.62 bits per heavy atom. The summed E-state index contributed by atoms with van der Waals surface area (Å²) >= 11 is 0. The predicted molar refractivity (Wildman–Crippen MR) is 84.6 cm³/mol. The summed E-state index contributed by atoms with van der Waals surface area (Å²) in [7, 11) is 0. The average Bonchev–Trinajstić information content (AvgIpc) is 2.52. The zero-order valence-corrected chi connectivity index (χ0v) is 13.0. The molecule has 0 spiro atoms. The van der Waals surface area contributed by atoms with Crippen molar-refractivity contribution < 1.29 is 9.90 Å². The van der Waals surface area contributed by atoms with Crippen LogP contribution in [0.5, 0.6) is 0 Å². The Hall–Kier alpha value is -1.39. The lowest BCUT2D eigenvalue weighted by molar-refractivity contribution is -0.139. The van der Waals surface area contributed by atoms with Gasteiger partial charge in [0.2, 0.25) is 0 Å². The first kappa shape index (κ1) is 16.0. The molecule has 116 valence electrons. The lowest BCUT2D eigenvalue weighted by Crippen LogP contribution is -2.57. The summed E-state index contributed by atoms with van der Waals surface area (Å²) < 4.78 is 0. The van der Waals surface area contributed by atoms with Gasteiger partial charge in [0.1, 0.15) is 0 Å². The molecule has 0 bridgehead atoms. The van der Waals surface area contributed by atoms with Crippen LogP contribution in [0.3, 0.4) is 0 Å². The van der Waals surface area contributed by atoms with Crippen molar-refractivity contribution in [1.29, 1.82) is 0 Å². The van der Waals surface area contributed by atoms with Crippen LogP contribution in [0.15, 0.2) is 30.3 Å². The van der Waals surface area contributed by atoms with Crippen LogP contribution in [-0.4, -0.2) is 47.7 Å². The summed E-state index contributed by atoms with van der Waals surface area (Å²) in [6.07, 6.45) is 2.13. The van der Waals surface area contributed by atoms with Crippen molar-refractivity contribution in [1.82, 2.24) is 10.2 Å². The second-order valence-corrected chi connectivity index (χ2v) is 5.83. The highest BCUT2D eigenvalue weighted by molar-refractivity contribution is 5.76. The van der Waals surface area contributed by atoms with Gasteiger partial charge in [0.25, 0.3) is 0 Å². The van der Waals surface area contributed by atoms with Gasteiger partial charge in [0, 0.05) is 31.7 Å². The first-order valence-electron chi connectivity index (χ1n) is 7.90. The van der Waals surface area contributed by atoms with Gasteiger partial charge in [-0.25, -0.2) is 0 Å². The number of nitrogens with one attached hydrogen (secondary N) is 1. The predicted octanol–water partition coefficient (Wildman–Crippen LogP) is 2.32. The molecule has 0 saturated carbocycles. The Morgan fingerprint density at radius 2 is 2.05 bits per heavy atom. The highest BCUT2D eigenvalue weighted by Gasteiger charge is 2.30. The standard InChI is InChI=1S/C17H26N2O2/c1-3-14-11-19(15(4-2)10-18-14)12-16(17(20)21)13-8-6-5-7-9-13/h5-9,14-16,18H,3-4,10-12H2,1-2H3,(H,20,21). The van der Waals surface area contributed by atoms with Crippen LogP contribution in [0.2, 0.25) is 0 Å². The average molecular weight is 290 g/mol. The minimum absolute atomic E-state index is 0.429. The van der Waals surface area contributed by atoms with E-state index in [4.69, 9.17) is 0 Å². The Labute approximate surface area is 127 Å². The van der Waals surface area contributed by atoms with Crippen LogP contribution in [0.4, 0.5) is 0 Å². The lowest BCUT2D eigenvalue weighted by atomic mass is 9.96. The molecule has 0 radical (unpaired) electrons. The van der Waals surface area contributed by atoms with Gasteiger partial charge in [-0.15, -0.1) is 0 Å². The monoisotopic (exact) mass is 290 g/mol. The summed E-state index contributed by atoms with van der Waals surface area (Å²) in [5.74, 6) is -1.18. The lowest BCUT2D eigenvalue weighted by Gasteiger charge is -2.41. The fourth-order valence-electron chi connectivity index (χ4n) is 3.07. The minimum atomic E-state index is -0.734. The second kappa shape index (κ2) is 7.57. The van der Waals surface area contributed by atoms with Crippen LogP contribution in [0.1, 0.15) is 38.2 Å². The van der Waals surface area contributed by atoms with Gasteiger partial charge in [-0.05, 0) is 18.4 Å². The second-order valence-electron chi connectivity index (χ2n) is 5.83. The maximum atomic E-state index is 11.7. The smallest absolute Gasteiger partial charge is 0.312 e. The van der Waals surface area contributed by atoms with Crippen molar-refractivity contribution in [3.8, 4) is 0 Å². The fraction of sp³-hybridized carbons (Fsp3) is 0.588. The number of benzene rings is 1. The van der Waals surface area contributed by atoms with Crippen molar-refractivity contribution in [2.75, 3.05) is 19.6 Å². The Bertz CT molecular complexity index is 449. The molecule has 0 aliphatic carbocycles. The van der Waals surface area contributed by atoms with E-state index in [0.717, 1.165) is 31.5 Å². The van der Waals surface area contributed by atoms with Gasteiger partial charge in [-0.2, -0.15) is 0 Å². The van der Waals surface area contributed by atoms with Gasteiger partial charge >= 0.3 is 5.97 Å². The Kier molecular flexibility index (Phi) is 5.76. The number of piperazine rings is 1. The van der Waals surface area contributed by atoms with E-state index in [1.165, 1.54) is 0 Å². The van der Waals surface area contributed by atoms with Crippen molar-refractivity contribution in [3.05, 3.63) is 35.9 Å². The van der Waals surface area contributed by atoms with Gasteiger partial charge in [0.15, 0.2) is 0 Å². The third-order valence-corrected chi connectivity index (χ3v) is 4.49. The largest absolute Gasteiger partial charge is 0.481 e. The molecule has 1 heterocycles. The zero-order chi connectivity index (χ0) is 15.2. The molecule has 3 atom stereocenters. The number of nitrogens with zero attached hydrogens (tertiary/aromatic N) is 1. The first-order chi connectivity index (χ1) is 10.2. The summed E-state index contributed by atoms with van der Waals surface area (Å²) in [5, 5.41) is 13.2. The van der Waals surface area contributed by atoms with E-state index < -0.39 is 11.9 Å². The number of carbonyl (C=O) groups is 1. The van der Waals surface area contributed by atoms with Crippen LogP contribution in [0, 0.1) is 0 Å². The van der Waals surface area contributed by atoms with Crippen LogP contribution < -0.4 is 5.32 Å². The number of hydrogen-bond donors (Lipinski definition) is 2. The molecule has 21 heavy (non-hydrogen) atoms. The molecule has 1 aliphatic heterocycles. The van der Waals surface area contributed by atoms with Gasteiger partial charge < -0.3 is 10.4 Å². The fourth-order valence-corrected chi connectivity index (χ4v) is 3.07. The van der Waals surface area contributed by atoms with Gasteiger partial charge in [-0.1, -0.05) is 44.2 Å². The first-order valence-corrected chi connectivity index (χ1v) is 7.90. The molecular formula is C17H26N2O2. The molecule has 2 N–H and O–H groups in total. The molecular weight excluding hydrogens is 264 g/mol. The van der Waals surface area contributed by atoms with Crippen LogP contribution >= 0.6 is 0 Å². The Morgan fingerprint density at radius 1 is 1.33 bits per heavy atom. The number of hydrogen-bond acceptors (Lipinski definition) is 3. The highest BCUT2D eigenvalue weighted by atomic mass is 16.4. The molecule has 0 aromatic heterocycles. The number of carboxylic acids is 1. The van der Waals surface area contributed by atoms with Crippen molar-refractivity contribution >= 4 is 5.97 Å². The summed E-state index contributed by atoms with van der Waals surface area (Å²) in [4.78, 5) is 14.0. The molecule has 1 aliphatic rings. The van der Waals surface area contributed by atoms with E-state index in [-0.39, 0.29) is 0 Å². The molecule has 0 amide bonds. The quantitative estimate of drug-likeness (QED) is 0.844. The molecule has 1 fully saturated rings. The van der Waals surface area contributed by atoms with E-state index in [1.54, 1.807) is 0 Å². The van der Waals surface area contributed by atoms with Gasteiger partial charge in [-0.3, -0.25) is 9.69 Å². The van der Waals surface area contributed by atoms with Gasteiger partial charge in [0.05, 0.1) is 5.92 Å². The van der Waals surface area contributed by atoms with Crippen molar-refractivity contribution in [3.63, 3.8) is 0 Å². The molecule has 3 unspecified atom stereocenters. The minimum Gasteiger partial charge on any atom is -0.481 e. The van der Waals surface area contributed by atoms with Crippen LogP contribution in [-0.2, 0) is 4.79 Å². The highest BCUT2D eigenvalue weighted by Crippen LogP contribution is 2.21. The maximum absolute atomic E-state index is 11.7. The SMILES string of the molecule is CCC1CN(CC(C(=O)O)c2ccccc2)C(CC)CN1. The summed E-state index contributed by atoms with van der Waals surface area (Å²) in [5.41, 5.74) is 0.895. The molecule has 1 aromatic rings. The molecule has 1 aromatic carbocycles. The van der Waals surface area contributed by atoms with Crippen molar-refractivity contribution in [2.24, 2.45) is 0 Å². The zero-order valence-electron chi connectivity index (χ0n) is 13.0. The normalized spacial score (nSPS) is 24.7. The summed E-state index contributed by atoms with van der Waals surface area (Å²) in [6, 6.07) is 10.5. The molecule has 1 saturated heterocycles. The molecule has 4 heteroatoms. The van der Waals surface area contributed by atoms with E-state index in [1.807, 2.05) is 30.3 Å². The van der Waals surface area contributed by atoms with E-state index in [2.05, 4.69) is 24.1 Å². The molecule has 2 rings (SSSR count). The number of rotatable bonds is 6. The maximum Gasteiger partial charge on any atom is 0.312 e. The molecule has 4 nitrogen and oxygen atoms in total. The van der Waals surface area contributed by atoms with Crippen molar-refractivity contribution in [2.45, 2.75) is 44.7 Å². The van der Waals surface area contributed by atoms with E-state index >= 15 is 0 Å². The summed E-state index contributed by atoms with van der Waals surface area (Å²) in [6.45, 7) is 6.83. The Balaban J connectivity index is 2.12. The number of carboxylic acid groups (broad SMARTS) is 1. The van der Waals surface area contributed by atoms with E-state index in [9.17, 15) is 9.90 Å². The third kappa shape index (κ3) is 4.05. The van der Waals surface area contributed by atoms with Crippen LogP contribution in [0.25, 0.3) is 0 Å². The third-order valence-electron chi connectivity index (χ3n) is 4.49.